The van der Waals surface area contributed by atoms with E-state index >= 15 is 0 Å². The van der Waals surface area contributed by atoms with E-state index in [1.54, 1.807) is 0 Å². The van der Waals surface area contributed by atoms with Gasteiger partial charge in [0.1, 0.15) is 5.82 Å². The van der Waals surface area contributed by atoms with E-state index in [-0.39, 0.29) is 5.92 Å². The molecule has 3 aromatic carbocycles. The lowest BCUT2D eigenvalue weighted by molar-refractivity contribution is -0.128. The van der Waals surface area contributed by atoms with Crippen LogP contribution in [0.1, 0.15) is 36.6 Å². The summed E-state index contributed by atoms with van der Waals surface area (Å²) >= 11 is 0. The minimum Gasteiger partial charge on any atom is -0.339 e. The molecule has 4 nitrogen and oxygen atoms in total. The van der Waals surface area contributed by atoms with Crippen LogP contribution in [-0.4, -0.2) is 32.9 Å². The molecule has 0 spiro atoms. The molecule has 0 bridgehead atoms. The van der Waals surface area contributed by atoms with Crippen LogP contribution >= 0.6 is 0 Å². The van der Waals surface area contributed by atoms with Gasteiger partial charge in [-0.25, -0.2) is 4.98 Å². The molecule has 2 heterocycles. The maximum absolute atomic E-state index is 12.6. The largest absolute Gasteiger partial charge is 0.339 e. The summed E-state index contributed by atoms with van der Waals surface area (Å²) in [6, 6.07) is 23.8. The topological polar surface area (TPSA) is 38.1 Å². The quantitative estimate of drug-likeness (QED) is 0.513. The number of hydrogen-bond acceptors (Lipinski definition) is 2. The van der Waals surface area contributed by atoms with E-state index in [9.17, 15) is 4.79 Å². The number of fused-ring (bicyclic) bond motifs is 2. The van der Waals surface area contributed by atoms with Crippen LogP contribution in [0.15, 0.2) is 66.7 Å². The summed E-state index contributed by atoms with van der Waals surface area (Å²) in [4.78, 5) is 19.7. The van der Waals surface area contributed by atoms with Crippen molar-refractivity contribution >= 4 is 27.7 Å². The number of nitrogens with zero attached hydrogens (tertiary/aromatic N) is 3. The molecule has 2 fully saturated rings. The second kappa shape index (κ2) is 6.45. The number of carbonyl (C=O) groups excluding carboxylic acids is 1. The van der Waals surface area contributed by atoms with Gasteiger partial charge in [0.15, 0.2) is 0 Å². The molecule has 1 aliphatic carbocycles. The molecule has 1 aliphatic heterocycles. The van der Waals surface area contributed by atoms with Crippen molar-refractivity contribution in [2.75, 3.05) is 6.54 Å². The van der Waals surface area contributed by atoms with E-state index in [4.69, 9.17) is 4.98 Å². The highest BCUT2D eigenvalue weighted by molar-refractivity contribution is 5.86. The number of hydrogen-bond donors (Lipinski definition) is 0. The molecule has 0 N–H and O–H groups in total. The van der Waals surface area contributed by atoms with E-state index < -0.39 is 0 Å². The Bertz CT molecular complexity index is 1230. The summed E-state index contributed by atoms with van der Waals surface area (Å²) in [6.07, 6.45) is 2.89. The van der Waals surface area contributed by atoms with Gasteiger partial charge >= 0.3 is 0 Å². The second-order valence-electron chi connectivity index (χ2n) is 8.36. The molecule has 1 aromatic heterocycles. The van der Waals surface area contributed by atoms with Gasteiger partial charge in [-0.15, -0.1) is 0 Å². The number of carbonyl (C=O) groups is 1. The van der Waals surface area contributed by atoms with Crippen LogP contribution in [0, 0.1) is 0 Å². The lowest BCUT2D eigenvalue weighted by atomic mass is 10.0. The zero-order chi connectivity index (χ0) is 19.4. The second-order valence-corrected chi connectivity index (χ2v) is 8.36. The first-order chi connectivity index (χ1) is 14.3. The Labute approximate surface area is 169 Å². The standard InChI is InChI=1S/C25H23N3O/c29-24-14-19(16-27(24)20-12-13-20)25-26-22-10-3-4-11-23(22)28(25)15-18-8-5-7-17-6-1-2-9-21(17)18/h1-11,19-20H,12-16H2. The van der Waals surface area contributed by atoms with Gasteiger partial charge < -0.3 is 9.47 Å². The molecule has 2 aliphatic rings. The summed E-state index contributed by atoms with van der Waals surface area (Å²) in [7, 11) is 0. The van der Waals surface area contributed by atoms with Crippen LogP contribution in [0.3, 0.4) is 0 Å². The summed E-state index contributed by atoms with van der Waals surface area (Å²) in [5.41, 5.74) is 3.45. The highest BCUT2D eigenvalue weighted by Gasteiger charge is 2.41. The van der Waals surface area contributed by atoms with Crippen LogP contribution in [0.2, 0.25) is 0 Å². The predicted molar refractivity (Wildman–Crippen MR) is 115 cm³/mol. The summed E-state index contributed by atoms with van der Waals surface area (Å²) < 4.78 is 2.34. The van der Waals surface area contributed by atoms with Crippen LogP contribution < -0.4 is 0 Å². The maximum Gasteiger partial charge on any atom is 0.223 e. The average Bonchev–Trinajstić information content (AvgIpc) is 3.43. The van der Waals surface area contributed by atoms with E-state index in [0.717, 1.165) is 42.8 Å². The zero-order valence-corrected chi connectivity index (χ0v) is 16.3. The highest BCUT2D eigenvalue weighted by atomic mass is 16.2. The normalized spacial score (nSPS) is 19.5. The number of para-hydroxylation sites is 2. The Morgan fingerprint density at radius 1 is 0.931 bits per heavy atom. The number of aromatic nitrogens is 2. The van der Waals surface area contributed by atoms with E-state index in [0.29, 0.717) is 18.4 Å². The Hall–Kier alpha value is -3.14. The van der Waals surface area contributed by atoms with Crippen molar-refractivity contribution in [2.24, 2.45) is 0 Å². The molecule has 29 heavy (non-hydrogen) atoms. The van der Waals surface area contributed by atoms with Crippen molar-refractivity contribution in [3.05, 3.63) is 78.1 Å². The SMILES string of the molecule is O=C1CC(c2nc3ccccc3n2Cc2cccc3ccccc23)CN1C1CC1. The van der Waals surface area contributed by atoms with E-state index in [2.05, 4.69) is 70.1 Å². The Morgan fingerprint density at radius 3 is 2.62 bits per heavy atom. The fourth-order valence-corrected chi connectivity index (χ4v) is 4.82. The maximum atomic E-state index is 12.6. The number of benzene rings is 3. The molecular weight excluding hydrogens is 358 g/mol. The van der Waals surface area contributed by atoms with Gasteiger partial charge in [-0.05, 0) is 41.3 Å². The number of likely N-dealkylation sites (tertiary alicyclic amines) is 1. The van der Waals surface area contributed by atoms with Crippen LogP contribution in [-0.2, 0) is 11.3 Å². The summed E-state index contributed by atoms with van der Waals surface area (Å²) in [5.74, 6) is 1.52. The van der Waals surface area contributed by atoms with Crippen LogP contribution in [0.25, 0.3) is 21.8 Å². The predicted octanol–water partition coefficient (Wildman–Crippen LogP) is 4.72. The lowest BCUT2D eigenvalue weighted by Crippen LogP contribution is -2.27. The average molecular weight is 381 g/mol. The van der Waals surface area contributed by atoms with Gasteiger partial charge in [-0.3, -0.25) is 4.79 Å². The zero-order valence-electron chi connectivity index (χ0n) is 16.3. The van der Waals surface area contributed by atoms with Gasteiger partial charge in [0.25, 0.3) is 0 Å². The molecule has 1 unspecified atom stereocenters. The molecule has 4 heteroatoms. The van der Waals surface area contributed by atoms with Crippen molar-refractivity contribution in [1.82, 2.24) is 14.5 Å². The number of rotatable bonds is 4. The number of amides is 1. The minimum absolute atomic E-state index is 0.172. The van der Waals surface area contributed by atoms with Crippen LogP contribution in [0.5, 0.6) is 0 Å². The Morgan fingerprint density at radius 2 is 1.72 bits per heavy atom. The molecule has 144 valence electrons. The van der Waals surface area contributed by atoms with Gasteiger partial charge in [0.05, 0.1) is 11.0 Å². The monoisotopic (exact) mass is 381 g/mol. The van der Waals surface area contributed by atoms with Crippen molar-refractivity contribution in [2.45, 2.75) is 37.8 Å². The van der Waals surface area contributed by atoms with Crippen molar-refractivity contribution in [1.29, 1.82) is 0 Å². The first-order valence-corrected chi connectivity index (χ1v) is 10.5. The van der Waals surface area contributed by atoms with Gasteiger partial charge in [-0.2, -0.15) is 0 Å². The molecule has 4 aromatic rings. The van der Waals surface area contributed by atoms with Crippen molar-refractivity contribution in [3.63, 3.8) is 0 Å². The molecule has 1 saturated carbocycles. The van der Waals surface area contributed by atoms with Crippen LogP contribution in [0.4, 0.5) is 0 Å². The third kappa shape index (κ3) is 2.82. The fraction of sp³-hybridized carbons (Fsp3) is 0.280. The first-order valence-electron chi connectivity index (χ1n) is 10.5. The fourth-order valence-electron chi connectivity index (χ4n) is 4.82. The third-order valence-electron chi connectivity index (χ3n) is 6.40. The van der Waals surface area contributed by atoms with Gasteiger partial charge in [-0.1, -0.05) is 54.6 Å². The van der Waals surface area contributed by atoms with E-state index in [1.807, 2.05) is 6.07 Å². The summed E-state index contributed by atoms with van der Waals surface area (Å²) in [5, 5.41) is 2.53. The lowest BCUT2D eigenvalue weighted by Gasteiger charge is -2.17. The first kappa shape index (κ1) is 16.8. The van der Waals surface area contributed by atoms with Gasteiger partial charge in [0, 0.05) is 31.5 Å². The third-order valence-corrected chi connectivity index (χ3v) is 6.40. The van der Waals surface area contributed by atoms with Crippen molar-refractivity contribution < 1.29 is 4.79 Å². The molecule has 1 saturated heterocycles. The molecular formula is C25H23N3O. The Balaban J connectivity index is 1.45. The minimum atomic E-state index is 0.172. The number of imidazole rings is 1. The summed E-state index contributed by atoms with van der Waals surface area (Å²) in [6.45, 7) is 1.58. The highest BCUT2D eigenvalue weighted by Crippen LogP contribution is 2.37. The smallest absolute Gasteiger partial charge is 0.223 e. The molecule has 0 radical (unpaired) electrons. The van der Waals surface area contributed by atoms with Crippen molar-refractivity contribution in [3.8, 4) is 0 Å². The molecule has 1 amide bonds. The Kier molecular flexibility index (Phi) is 3.73. The molecule has 1 atom stereocenters. The van der Waals surface area contributed by atoms with Gasteiger partial charge in [0.2, 0.25) is 5.91 Å². The molecule has 6 rings (SSSR count). The van der Waals surface area contributed by atoms with E-state index in [1.165, 1.54) is 16.3 Å².